The van der Waals surface area contributed by atoms with Crippen molar-refractivity contribution < 1.29 is 0 Å². The fraction of sp³-hybridized carbons (Fsp3) is 0.200. The van der Waals surface area contributed by atoms with Gasteiger partial charge in [-0.25, -0.2) is 9.97 Å². The van der Waals surface area contributed by atoms with E-state index in [0.29, 0.717) is 6.54 Å². The molecule has 0 radical (unpaired) electrons. The van der Waals surface area contributed by atoms with E-state index in [0.717, 1.165) is 40.7 Å². The highest BCUT2D eigenvalue weighted by molar-refractivity contribution is 9.10. The number of hydrogen-bond donors (Lipinski definition) is 0. The van der Waals surface area contributed by atoms with Crippen molar-refractivity contribution in [2.45, 2.75) is 13.1 Å². The lowest BCUT2D eigenvalue weighted by atomic mass is 10.2. The Balaban J connectivity index is 1.63. The predicted molar refractivity (Wildman–Crippen MR) is 86.2 cm³/mol. The molecule has 3 heterocycles. The molecule has 6 nitrogen and oxygen atoms in total. The third-order valence-corrected chi connectivity index (χ3v) is 4.08. The van der Waals surface area contributed by atoms with Gasteiger partial charge in [0, 0.05) is 31.0 Å². The van der Waals surface area contributed by atoms with Crippen LogP contribution in [0.25, 0.3) is 11.4 Å². The molecule has 0 atom stereocenters. The lowest BCUT2D eigenvalue weighted by Crippen LogP contribution is -2.35. The van der Waals surface area contributed by atoms with Crippen LogP contribution in [-0.4, -0.2) is 31.3 Å². The molecule has 22 heavy (non-hydrogen) atoms. The van der Waals surface area contributed by atoms with Gasteiger partial charge >= 0.3 is 0 Å². The van der Waals surface area contributed by atoms with Gasteiger partial charge in [0.05, 0.1) is 11.0 Å². The molecular formula is C15H13BrN6. The van der Waals surface area contributed by atoms with Gasteiger partial charge in [0.25, 0.3) is 0 Å². The Labute approximate surface area is 136 Å². The van der Waals surface area contributed by atoms with Crippen molar-refractivity contribution in [1.82, 2.24) is 24.7 Å². The van der Waals surface area contributed by atoms with E-state index >= 15 is 0 Å². The zero-order valence-corrected chi connectivity index (χ0v) is 13.3. The van der Waals surface area contributed by atoms with E-state index in [-0.39, 0.29) is 0 Å². The maximum atomic E-state index is 4.35. The molecule has 0 saturated heterocycles. The van der Waals surface area contributed by atoms with Crippen LogP contribution in [-0.2, 0) is 13.1 Å². The molecule has 0 unspecified atom stereocenters. The minimum atomic E-state index is 0.668. The molecule has 0 saturated carbocycles. The highest BCUT2D eigenvalue weighted by Gasteiger charge is 2.23. The first-order valence-corrected chi connectivity index (χ1v) is 7.80. The fourth-order valence-electron chi connectivity index (χ4n) is 2.60. The quantitative estimate of drug-likeness (QED) is 0.705. The smallest absolute Gasteiger partial charge is 0.225 e. The molecule has 0 spiro atoms. The number of halogens is 1. The van der Waals surface area contributed by atoms with E-state index < -0.39 is 0 Å². The van der Waals surface area contributed by atoms with Crippen LogP contribution in [0.3, 0.4) is 0 Å². The Morgan fingerprint density at radius 3 is 2.50 bits per heavy atom. The molecule has 0 N–H and O–H groups in total. The number of fused-ring (bicyclic) bond motifs is 1. The number of rotatable bonds is 2. The monoisotopic (exact) mass is 356 g/mol. The summed E-state index contributed by atoms with van der Waals surface area (Å²) in [7, 11) is 0. The Morgan fingerprint density at radius 2 is 1.73 bits per heavy atom. The van der Waals surface area contributed by atoms with E-state index in [4.69, 9.17) is 0 Å². The average Bonchev–Trinajstić information content (AvgIpc) is 2.99. The van der Waals surface area contributed by atoms with Crippen molar-refractivity contribution in [3.63, 3.8) is 0 Å². The normalized spacial score (nSPS) is 14.0. The van der Waals surface area contributed by atoms with Crippen LogP contribution in [0.2, 0.25) is 0 Å². The van der Waals surface area contributed by atoms with Crippen molar-refractivity contribution >= 4 is 21.9 Å². The number of benzene rings is 1. The highest BCUT2D eigenvalue weighted by atomic mass is 79.9. The summed E-state index contributed by atoms with van der Waals surface area (Å²) < 4.78 is 3.05. The van der Waals surface area contributed by atoms with Crippen LogP contribution in [0, 0.1) is 0 Å². The molecule has 1 aliphatic rings. The molecule has 0 fully saturated rings. The van der Waals surface area contributed by atoms with Crippen LogP contribution in [0.1, 0.15) is 5.82 Å². The summed E-state index contributed by atoms with van der Waals surface area (Å²) in [5.74, 6) is 2.59. The van der Waals surface area contributed by atoms with Gasteiger partial charge < -0.3 is 9.47 Å². The van der Waals surface area contributed by atoms with Crippen LogP contribution < -0.4 is 4.90 Å². The molecular weight excluding hydrogens is 344 g/mol. The summed E-state index contributed by atoms with van der Waals surface area (Å²) in [6, 6.07) is 10.1. The summed E-state index contributed by atoms with van der Waals surface area (Å²) >= 11 is 3.35. The van der Waals surface area contributed by atoms with E-state index in [1.54, 1.807) is 12.4 Å². The van der Waals surface area contributed by atoms with Crippen molar-refractivity contribution in [3.8, 4) is 11.4 Å². The van der Waals surface area contributed by atoms with Gasteiger partial charge in [-0.1, -0.05) is 30.3 Å². The Hall–Kier alpha value is -2.28. The maximum Gasteiger partial charge on any atom is 0.225 e. The van der Waals surface area contributed by atoms with E-state index in [1.807, 2.05) is 18.2 Å². The molecule has 4 rings (SSSR count). The second-order valence-corrected chi connectivity index (χ2v) is 6.00. The molecule has 0 amide bonds. The Bertz CT molecular complexity index is 784. The van der Waals surface area contributed by atoms with Crippen molar-refractivity contribution in [2.75, 3.05) is 11.4 Å². The van der Waals surface area contributed by atoms with Crippen LogP contribution in [0.5, 0.6) is 0 Å². The van der Waals surface area contributed by atoms with Crippen LogP contribution >= 0.6 is 15.9 Å². The lowest BCUT2D eigenvalue weighted by molar-refractivity contribution is 0.555. The summed E-state index contributed by atoms with van der Waals surface area (Å²) in [4.78, 5) is 10.8. The van der Waals surface area contributed by atoms with E-state index in [9.17, 15) is 0 Å². The third kappa shape index (κ3) is 2.37. The number of aromatic nitrogens is 5. The standard InChI is InChI=1S/C15H13BrN6/c16-12-8-17-15(18-9-12)21-6-7-22-13(10-21)19-20-14(22)11-4-2-1-3-5-11/h1-5,8-9H,6-7,10H2. The maximum absolute atomic E-state index is 4.35. The van der Waals surface area contributed by atoms with Gasteiger partial charge in [-0.2, -0.15) is 0 Å². The van der Waals surface area contributed by atoms with Crippen LogP contribution in [0.4, 0.5) is 5.95 Å². The second-order valence-electron chi connectivity index (χ2n) is 5.08. The molecule has 1 aromatic carbocycles. The van der Waals surface area contributed by atoms with Crippen molar-refractivity contribution in [3.05, 3.63) is 53.0 Å². The molecule has 7 heteroatoms. The van der Waals surface area contributed by atoms with E-state index in [1.165, 1.54) is 0 Å². The molecule has 0 aliphatic carbocycles. The number of anilines is 1. The van der Waals surface area contributed by atoms with Crippen molar-refractivity contribution in [1.29, 1.82) is 0 Å². The third-order valence-electron chi connectivity index (χ3n) is 3.67. The zero-order chi connectivity index (χ0) is 14.9. The van der Waals surface area contributed by atoms with Gasteiger partial charge in [0.15, 0.2) is 11.6 Å². The minimum absolute atomic E-state index is 0.668. The largest absolute Gasteiger partial charge is 0.331 e. The molecule has 110 valence electrons. The van der Waals surface area contributed by atoms with Crippen LogP contribution in [0.15, 0.2) is 47.2 Å². The van der Waals surface area contributed by atoms with Gasteiger partial charge in [0.1, 0.15) is 0 Å². The van der Waals surface area contributed by atoms with Gasteiger partial charge in [-0.05, 0) is 15.9 Å². The van der Waals surface area contributed by atoms with Gasteiger partial charge in [0.2, 0.25) is 5.95 Å². The molecule has 2 aromatic heterocycles. The molecule has 3 aromatic rings. The van der Waals surface area contributed by atoms with E-state index in [2.05, 4.69) is 57.7 Å². The summed E-state index contributed by atoms with van der Waals surface area (Å²) in [6.07, 6.45) is 3.52. The second kappa shape index (κ2) is 5.49. The minimum Gasteiger partial charge on any atom is -0.331 e. The summed E-state index contributed by atoms with van der Waals surface area (Å²) in [5, 5.41) is 8.68. The lowest BCUT2D eigenvalue weighted by Gasteiger charge is -2.27. The molecule has 1 aliphatic heterocycles. The Morgan fingerprint density at radius 1 is 0.955 bits per heavy atom. The van der Waals surface area contributed by atoms with Gasteiger partial charge in [-0.15, -0.1) is 10.2 Å². The fourth-order valence-corrected chi connectivity index (χ4v) is 2.80. The van der Waals surface area contributed by atoms with Crippen molar-refractivity contribution in [2.24, 2.45) is 0 Å². The summed E-state index contributed by atoms with van der Waals surface area (Å²) in [6.45, 7) is 2.33. The number of nitrogens with zero attached hydrogens (tertiary/aromatic N) is 6. The predicted octanol–water partition coefficient (Wildman–Crippen LogP) is 2.52. The highest BCUT2D eigenvalue weighted by Crippen LogP contribution is 2.23. The van der Waals surface area contributed by atoms with Gasteiger partial charge in [-0.3, -0.25) is 0 Å². The first kappa shape index (κ1) is 13.4. The summed E-state index contributed by atoms with van der Waals surface area (Å²) in [5.41, 5.74) is 1.09. The topological polar surface area (TPSA) is 59.7 Å². The first-order chi connectivity index (χ1) is 10.8. The average molecular weight is 357 g/mol. The molecule has 0 bridgehead atoms. The zero-order valence-electron chi connectivity index (χ0n) is 11.7. The SMILES string of the molecule is Brc1cnc(N2CCn3c(nnc3-c3ccccc3)C2)nc1. The Kier molecular flexibility index (Phi) is 3.34. The first-order valence-electron chi connectivity index (χ1n) is 7.01. The number of hydrogen-bond acceptors (Lipinski definition) is 5.